The van der Waals surface area contributed by atoms with Crippen molar-refractivity contribution in [3.63, 3.8) is 0 Å². The first-order valence-electron chi connectivity index (χ1n) is 7.68. The molecule has 1 aromatic heterocycles. The summed E-state index contributed by atoms with van der Waals surface area (Å²) in [7, 11) is 6.12. The van der Waals surface area contributed by atoms with Gasteiger partial charge in [0.05, 0.1) is 18.4 Å². The van der Waals surface area contributed by atoms with Crippen molar-refractivity contribution >= 4 is 5.69 Å². The van der Waals surface area contributed by atoms with E-state index in [-0.39, 0.29) is 5.56 Å². The third-order valence-electron chi connectivity index (χ3n) is 3.31. The molecule has 6 nitrogen and oxygen atoms in total. The molecule has 0 radical (unpaired) electrons. The molecule has 1 aromatic rings. The highest BCUT2D eigenvalue weighted by atomic mass is 16.1. The Kier molecular flexibility index (Phi) is 8.00. The number of nitrogens with zero attached hydrogens (tertiary/aromatic N) is 4. The average Bonchev–Trinajstić information content (AvgIpc) is 2.44. The first kappa shape index (κ1) is 17.7. The molecule has 0 aliphatic carbocycles. The summed E-state index contributed by atoms with van der Waals surface area (Å²) in [6.45, 7) is 6.46. The molecule has 0 bridgehead atoms. The zero-order chi connectivity index (χ0) is 15.7. The molecule has 0 atom stereocenters. The first-order valence-corrected chi connectivity index (χ1v) is 7.68. The van der Waals surface area contributed by atoms with Gasteiger partial charge in [0.2, 0.25) is 0 Å². The molecule has 1 heterocycles. The van der Waals surface area contributed by atoms with Crippen molar-refractivity contribution in [1.29, 1.82) is 0 Å². The fourth-order valence-corrected chi connectivity index (χ4v) is 2.10. The van der Waals surface area contributed by atoms with Gasteiger partial charge in [-0.05, 0) is 40.0 Å². The van der Waals surface area contributed by atoms with Crippen molar-refractivity contribution in [3.8, 4) is 0 Å². The van der Waals surface area contributed by atoms with Crippen LogP contribution in [0.4, 0.5) is 5.69 Å². The molecule has 0 unspecified atom stereocenters. The molecule has 0 aromatic carbocycles. The number of hydrogen-bond acceptors (Lipinski definition) is 5. The predicted molar refractivity (Wildman–Crippen MR) is 88.1 cm³/mol. The van der Waals surface area contributed by atoms with Crippen molar-refractivity contribution in [1.82, 2.24) is 20.0 Å². The smallest absolute Gasteiger partial charge is 0.268 e. The Labute approximate surface area is 127 Å². The monoisotopic (exact) mass is 295 g/mol. The minimum atomic E-state index is -0.0365. The summed E-state index contributed by atoms with van der Waals surface area (Å²) < 4.78 is 1.52. The van der Waals surface area contributed by atoms with Gasteiger partial charge in [-0.1, -0.05) is 6.92 Å². The van der Waals surface area contributed by atoms with E-state index in [0.717, 1.165) is 44.7 Å². The van der Waals surface area contributed by atoms with Gasteiger partial charge >= 0.3 is 0 Å². The van der Waals surface area contributed by atoms with Crippen molar-refractivity contribution in [2.24, 2.45) is 0 Å². The number of aromatic nitrogens is 2. The lowest BCUT2D eigenvalue weighted by atomic mass is 10.3. The van der Waals surface area contributed by atoms with Crippen LogP contribution in [0.2, 0.25) is 0 Å². The zero-order valence-corrected chi connectivity index (χ0v) is 13.8. The van der Waals surface area contributed by atoms with E-state index in [4.69, 9.17) is 0 Å². The Bertz CT molecular complexity index is 458. The average molecular weight is 295 g/mol. The second-order valence-corrected chi connectivity index (χ2v) is 5.60. The molecule has 21 heavy (non-hydrogen) atoms. The van der Waals surface area contributed by atoms with Gasteiger partial charge in [-0.3, -0.25) is 4.79 Å². The lowest BCUT2D eigenvalue weighted by molar-refractivity contribution is 0.392. The van der Waals surface area contributed by atoms with E-state index in [1.54, 1.807) is 12.3 Å². The number of nitrogens with one attached hydrogen (secondary N) is 1. The fraction of sp³-hybridized carbons (Fsp3) is 0.733. The lowest BCUT2D eigenvalue weighted by Crippen LogP contribution is -2.31. The van der Waals surface area contributed by atoms with Crippen molar-refractivity contribution in [2.45, 2.75) is 26.3 Å². The minimum Gasteiger partial charge on any atom is -0.373 e. The lowest BCUT2D eigenvalue weighted by Gasteiger charge is -2.17. The molecule has 0 amide bonds. The third kappa shape index (κ3) is 6.73. The molecule has 0 aliphatic heterocycles. The third-order valence-corrected chi connectivity index (χ3v) is 3.31. The fourth-order valence-electron chi connectivity index (χ4n) is 2.10. The van der Waals surface area contributed by atoms with Gasteiger partial charge in [0, 0.05) is 26.2 Å². The summed E-state index contributed by atoms with van der Waals surface area (Å²) in [4.78, 5) is 16.2. The highest BCUT2D eigenvalue weighted by Crippen LogP contribution is 2.06. The maximum atomic E-state index is 12.0. The van der Waals surface area contributed by atoms with Gasteiger partial charge in [0.15, 0.2) is 0 Å². The molecule has 0 spiro atoms. The Morgan fingerprint density at radius 2 is 2.00 bits per heavy atom. The van der Waals surface area contributed by atoms with E-state index in [1.165, 1.54) is 4.68 Å². The standard InChI is InChI=1S/C15H29N5O/c1-5-9-19(4)14-12-15(21)20(17-13-14)11-8-16-7-6-10-18(2)3/h12-13,16H,5-11H2,1-4H3. The van der Waals surface area contributed by atoms with E-state index in [9.17, 15) is 4.79 Å². The second-order valence-electron chi connectivity index (χ2n) is 5.60. The topological polar surface area (TPSA) is 53.4 Å². The molecule has 120 valence electrons. The van der Waals surface area contributed by atoms with Crippen LogP contribution >= 0.6 is 0 Å². The van der Waals surface area contributed by atoms with Crippen LogP contribution in [0, 0.1) is 0 Å². The van der Waals surface area contributed by atoms with Crippen LogP contribution in [0.1, 0.15) is 19.8 Å². The van der Waals surface area contributed by atoms with E-state index in [2.05, 4.69) is 41.2 Å². The molecule has 1 rings (SSSR count). The van der Waals surface area contributed by atoms with Gasteiger partial charge in [-0.2, -0.15) is 5.10 Å². The van der Waals surface area contributed by atoms with Gasteiger partial charge in [0.25, 0.3) is 5.56 Å². The van der Waals surface area contributed by atoms with Gasteiger partial charge in [0.1, 0.15) is 0 Å². The van der Waals surface area contributed by atoms with Gasteiger partial charge in [-0.15, -0.1) is 0 Å². The Morgan fingerprint density at radius 1 is 1.24 bits per heavy atom. The van der Waals surface area contributed by atoms with Crippen molar-refractivity contribution < 1.29 is 0 Å². The molecule has 0 saturated carbocycles. The maximum absolute atomic E-state index is 12.0. The van der Waals surface area contributed by atoms with Crippen LogP contribution < -0.4 is 15.8 Å². The largest absolute Gasteiger partial charge is 0.373 e. The van der Waals surface area contributed by atoms with E-state index >= 15 is 0 Å². The Hall–Kier alpha value is -1.40. The molecule has 0 saturated heterocycles. The van der Waals surface area contributed by atoms with E-state index in [1.807, 2.05) is 7.05 Å². The highest BCUT2D eigenvalue weighted by Gasteiger charge is 2.03. The molecule has 1 N–H and O–H groups in total. The van der Waals surface area contributed by atoms with Crippen LogP contribution in [-0.4, -0.2) is 62.0 Å². The molecule has 6 heteroatoms. The van der Waals surface area contributed by atoms with E-state index < -0.39 is 0 Å². The summed E-state index contributed by atoms with van der Waals surface area (Å²) in [6.07, 6.45) is 3.93. The summed E-state index contributed by atoms with van der Waals surface area (Å²) in [6, 6.07) is 1.66. The normalized spacial score (nSPS) is 11.1. The van der Waals surface area contributed by atoms with Crippen molar-refractivity contribution in [3.05, 3.63) is 22.6 Å². The van der Waals surface area contributed by atoms with Gasteiger partial charge in [-0.25, -0.2) is 4.68 Å². The minimum absolute atomic E-state index is 0.0365. The van der Waals surface area contributed by atoms with Crippen LogP contribution in [0.15, 0.2) is 17.1 Å². The second kappa shape index (κ2) is 9.52. The maximum Gasteiger partial charge on any atom is 0.268 e. The number of hydrogen-bond donors (Lipinski definition) is 1. The Balaban J connectivity index is 2.37. The van der Waals surface area contributed by atoms with Crippen molar-refractivity contribution in [2.75, 3.05) is 52.2 Å². The SMILES string of the molecule is CCCN(C)c1cnn(CCNCCCN(C)C)c(=O)c1. The van der Waals surface area contributed by atoms with Gasteiger partial charge < -0.3 is 15.1 Å². The quantitative estimate of drug-likeness (QED) is 0.642. The molecular weight excluding hydrogens is 266 g/mol. The summed E-state index contributed by atoms with van der Waals surface area (Å²) in [5.41, 5.74) is 0.850. The number of anilines is 1. The summed E-state index contributed by atoms with van der Waals surface area (Å²) >= 11 is 0. The molecular formula is C15H29N5O. The van der Waals surface area contributed by atoms with Crippen LogP contribution in [0.3, 0.4) is 0 Å². The molecule has 0 aliphatic rings. The zero-order valence-electron chi connectivity index (χ0n) is 13.8. The summed E-state index contributed by atoms with van der Waals surface area (Å²) in [5, 5.41) is 7.58. The van der Waals surface area contributed by atoms with Crippen LogP contribution in [0.25, 0.3) is 0 Å². The molecule has 0 fully saturated rings. The number of rotatable bonds is 10. The first-order chi connectivity index (χ1) is 10.0. The van der Waals surface area contributed by atoms with E-state index in [0.29, 0.717) is 6.54 Å². The summed E-state index contributed by atoms with van der Waals surface area (Å²) in [5.74, 6) is 0. The highest BCUT2D eigenvalue weighted by molar-refractivity contribution is 5.41. The Morgan fingerprint density at radius 3 is 2.62 bits per heavy atom. The predicted octanol–water partition coefficient (Wildman–Crippen LogP) is 0.631. The van der Waals surface area contributed by atoms with Crippen LogP contribution in [-0.2, 0) is 6.54 Å². The van der Waals surface area contributed by atoms with Crippen LogP contribution in [0.5, 0.6) is 0 Å².